The maximum absolute atomic E-state index is 11.9. The Balaban J connectivity index is 2.13. The highest BCUT2D eigenvalue weighted by Crippen LogP contribution is 2.16. The first kappa shape index (κ1) is 14.0. The number of nitrogens with one attached hydrogen (secondary N) is 1. The highest BCUT2D eigenvalue weighted by molar-refractivity contribution is 6.31. The number of nitrogens with zero attached hydrogens (tertiary/aromatic N) is 2. The van der Waals surface area contributed by atoms with Crippen molar-refractivity contribution < 1.29 is 14.7 Å². The molecule has 0 aliphatic rings. The lowest BCUT2D eigenvalue weighted by Gasteiger charge is -2.07. The summed E-state index contributed by atoms with van der Waals surface area (Å²) in [6, 6.07) is 6.92. The molecule has 6 nitrogen and oxygen atoms in total. The van der Waals surface area contributed by atoms with Crippen LogP contribution in [-0.2, 0) is 11.2 Å². The number of carbonyl (C=O) groups excluding carboxylic acids is 1. The summed E-state index contributed by atoms with van der Waals surface area (Å²) < 4.78 is 0. The van der Waals surface area contributed by atoms with E-state index in [4.69, 9.17) is 16.7 Å². The standard InChI is InChI=1S/C13H10ClN3O3/c14-9-4-2-1-3-8(9)7-10(18)17-12-11(13(19)20)15-5-6-16-12/h1-6H,7H2,(H,19,20)(H,16,17,18). The van der Waals surface area contributed by atoms with E-state index in [1.54, 1.807) is 24.3 Å². The Morgan fingerprint density at radius 1 is 1.20 bits per heavy atom. The van der Waals surface area contributed by atoms with Crippen molar-refractivity contribution in [1.29, 1.82) is 0 Å². The molecule has 102 valence electrons. The van der Waals surface area contributed by atoms with Gasteiger partial charge in [-0.15, -0.1) is 0 Å². The zero-order valence-electron chi connectivity index (χ0n) is 10.2. The van der Waals surface area contributed by atoms with Crippen LogP contribution in [0, 0.1) is 0 Å². The number of carboxylic acid groups (broad SMARTS) is 1. The molecule has 0 atom stereocenters. The smallest absolute Gasteiger partial charge is 0.358 e. The van der Waals surface area contributed by atoms with E-state index in [1.807, 2.05) is 0 Å². The number of anilines is 1. The molecule has 20 heavy (non-hydrogen) atoms. The molecular weight excluding hydrogens is 282 g/mol. The van der Waals surface area contributed by atoms with Crippen LogP contribution in [0.4, 0.5) is 5.82 Å². The molecule has 0 saturated heterocycles. The number of amides is 1. The molecule has 7 heteroatoms. The Kier molecular flexibility index (Phi) is 4.27. The number of halogens is 1. The summed E-state index contributed by atoms with van der Waals surface area (Å²) >= 11 is 5.95. The van der Waals surface area contributed by atoms with Crippen LogP contribution in [0.5, 0.6) is 0 Å². The van der Waals surface area contributed by atoms with Crippen LogP contribution in [0.15, 0.2) is 36.7 Å². The van der Waals surface area contributed by atoms with Crippen molar-refractivity contribution in [3.05, 3.63) is 52.9 Å². The van der Waals surface area contributed by atoms with E-state index >= 15 is 0 Å². The first-order valence-electron chi connectivity index (χ1n) is 5.65. The maximum Gasteiger partial charge on any atom is 0.358 e. The normalized spacial score (nSPS) is 10.1. The molecule has 2 N–H and O–H groups in total. The summed E-state index contributed by atoms with van der Waals surface area (Å²) in [5, 5.41) is 11.8. The van der Waals surface area contributed by atoms with Gasteiger partial charge in [-0.3, -0.25) is 4.79 Å². The second-order valence-electron chi connectivity index (χ2n) is 3.88. The van der Waals surface area contributed by atoms with Crippen molar-refractivity contribution in [3.63, 3.8) is 0 Å². The third-order valence-electron chi connectivity index (χ3n) is 2.47. The molecule has 2 rings (SSSR count). The van der Waals surface area contributed by atoms with Gasteiger partial charge in [-0.05, 0) is 11.6 Å². The van der Waals surface area contributed by atoms with Gasteiger partial charge in [0.2, 0.25) is 5.91 Å². The van der Waals surface area contributed by atoms with E-state index in [0.717, 1.165) is 0 Å². The zero-order valence-corrected chi connectivity index (χ0v) is 11.0. The molecule has 0 spiro atoms. The van der Waals surface area contributed by atoms with Gasteiger partial charge in [0.1, 0.15) is 0 Å². The predicted molar refractivity (Wildman–Crippen MR) is 72.8 cm³/mol. The number of aromatic nitrogens is 2. The molecule has 0 aliphatic carbocycles. The average Bonchev–Trinajstić information content (AvgIpc) is 2.41. The lowest BCUT2D eigenvalue weighted by atomic mass is 10.1. The van der Waals surface area contributed by atoms with Gasteiger partial charge in [-0.2, -0.15) is 0 Å². The Morgan fingerprint density at radius 3 is 2.60 bits per heavy atom. The molecule has 0 bridgehead atoms. The molecule has 1 aromatic heterocycles. The highest BCUT2D eigenvalue weighted by Gasteiger charge is 2.15. The second kappa shape index (κ2) is 6.12. The zero-order chi connectivity index (χ0) is 14.5. The van der Waals surface area contributed by atoms with Gasteiger partial charge in [-0.1, -0.05) is 29.8 Å². The van der Waals surface area contributed by atoms with Crippen molar-refractivity contribution >= 4 is 29.3 Å². The molecule has 0 radical (unpaired) electrons. The number of hydrogen-bond acceptors (Lipinski definition) is 4. The van der Waals surface area contributed by atoms with Crippen LogP contribution < -0.4 is 5.32 Å². The third kappa shape index (κ3) is 3.30. The number of carboxylic acids is 1. The van der Waals surface area contributed by atoms with Crippen LogP contribution in [0.2, 0.25) is 5.02 Å². The minimum absolute atomic E-state index is 0.0231. The quantitative estimate of drug-likeness (QED) is 0.899. The van der Waals surface area contributed by atoms with E-state index in [1.165, 1.54) is 12.4 Å². The van der Waals surface area contributed by atoms with Crippen molar-refractivity contribution in [2.75, 3.05) is 5.32 Å². The summed E-state index contributed by atoms with van der Waals surface area (Å²) in [5.74, 6) is -1.76. The highest BCUT2D eigenvalue weighted by atomic mass is 35.5. The number of hydrogen-bond donors (Lipinski definition) is 2. The van der Waals surface area contributed by atoms with Crippen LogP contribution in [-0.4, -0.2) is 27.0 Å². The molecular formula is C13H10ClN3O3. The van der Waals surface area contributed by atoms with Crippen LogP contribution in [0.25, 0.3) is 0 Å². The van der Waals surface area contributed by atoms with Gasteiger partial charge in [-0.25, -0.2) is 14.8 Å². The summed E-state index contributed by atoms with van der Waals surface area (Å²) in [5.41, 5.74) is 0.340. The Morgan fingerprint density at radius 2 is 1.90 bits per heavy atom. The van der Waals surface area contributed by atoms with Crippen molar-refractivity contribution in [3.8, 4) is 0 Å². The number of carbonyl (C=O) groups is 2. The van der Waals surface area contributed by atoms with Crippen molar-refractivity contribution in [2.24, 2.45) is 0 Å². The minimum atomic E-state index is -1.26. The van der Waals surface area contributed by atoms with Crippen molar-refractivity contribution in [1.82, 2.24) is 9.97 Å². The lowest BCUT2D eigenvalue weighted by molar-refractivity contribution is -0.115. The fraction of sp³-hybridized carbons (Fsp3) is 0.0769. The SMILES string of the molecule is O=C(Cc1ccccc1Cl)Nc1nccnc1C(=O)O. The molecule has 0 fully saturated rings. The first-order valence-corrected chi connectivity index (χ1v) is 6.03. The summed E-state index contributed by atoms with van der Waals surface area (Å²) in [6.07, 6.45) is 2.57. The Bertz CT molecular complexity index is 661. The van der Waals surface area contributed by atoms with Crippen LogP contribution >= 0.6 is 11.6 Å². The van der Waals surface area contributed by atoms with Crippen molar-refractivity contribution in [2.45, 2.75) is 6.42 Å². The van der Waals surface area contributed by atoms with Gasteiger partial charge < -0.3 is 10.4 Å². The summed E-state index contributed by atoms with van der Waals surface area (Å²) in [7, 11) is 0. The van der Waals surface area contributed by atoms with E-state index < -0.39 is 11.9 Å². The van der Waals surface area contributed by atoms with E-state index in [-0.39, 0.29) is 17.9 Å². The molecule has 1 amide bonds. The lowest BCUT2D eigenvalue weighted by Crippen LogP contribution is -2.18. The largest absolute Gasteiger partial charge is 0.476 e. The maximum atomic E-state index is 11.9. The first-order chi connectivity index (χ1) is 9.58. The van der Waals surface area contributed by atoms with Gasteiger partial charge in [0.05, 0.1) is 6.42 Å². The van der Waals surface area contributed by atoms with Gasteiger partial charge in [0.15, 0.2) is 11.5 Å². The van der Waals surface area contributed by atoms with Gasteiger partial charge in [0, 0.05) is 17.4 Å². The molecule has 0 saturated carbocycles. The molecule has 0 aliphatic heterocycles. The fourth-order valence-corrected chi connectivity index (χ4v) is 1.78. The minimum Gasteiger partial charge on any atom is -0.476 e. The monoisotopic (exact) mass is 291 g/mol. The van der Waals surface area contributed by atoms with E-state index in [2.05, 4.69) is 15.3 Å². The second-order valence-corrected chi connectivity index (χ2v) is 4.28. The van der Waals surface area contributed by atoms with Gasteiger partial charge in [0.25, 0.3) is 0 Å². The average molecular weight is 292 g/mol. The fourth-order valence-electron chi connectivity index (χ4n) is 1.58. The molecule has 1 heterocycles. The third-order valence-corrected chi connectivity index (χ3v) is 2.84. The molecule has 1 aromatic carbocycles. The summed E-state index contributed by atoms with van der Waals surface area (Å²) in [4.78, 5) is 30.3. The summed E-state index contributed by atoms with van der Waals surface area (Å²) in [6.45, 7) is 0. The number of rotatable bonds is 4. The Labute approximate surface area is 119 Å². The predicted octanol–water partition coefficient (Wildman–Crippen LogP) is 2.01. The van der Waals surface area contributed by atoms with Gasteiger partial charge >= 0.3 is 5.97 Å². The van der Waals surface area contributed by atoms with E-state index in [0.29, 0.717) is 10.6 Å². The topological polar surface area (TPSA) is 92.2 Å². The van der Waals surface area contributed by atoms with Crippen LogP contribution in [0.3, 0.4) is 0 Å². The molecule has 2 aromatic rings. The number of benzene rings is 1. The number of aromatic carboxylic acids is 1. The molecule has 0 unspecified atom stereocenters. The van der Waals surface area contributed by atoms with E-state index in [9.17, 15) is 9.59 Å². The van der Waals surface area contributed by atoms with Crippen LogP contribution in [0.1, 0.15) is 16.1 Å². The Hall–Kier alpha value is -2.47.